The molecule has 0 atom stereocenters. The molecule has 0 bridgehead atoms. The molecule has 1 aliphatic rings. The van der Waals surface area contributed by atoms with E-state index in [-0.39, 0.29) is 11.7 Å². The van der Waals surface area contributed by atoms with Crippen molar-refractivity contribution < 1.29 is 9.90 Å². The van der Waals surface area contributed by atoms with Crippen molar-refractivity contribution in [2.75, 3.05) is 7.05 Å². The van der Waals surface area contributed by atoms with Crippen LogP contribution in [-0.2, 0) is 0 Å². The van der Waals surface area contributed by atoms with Gasteiger partial charge in [-0.2, -0.15) is 0 Å². The van der Waals surface area contributed by atoms with Gasteiger partial charge in [0.05, 0.1) is 5.56 Å². The maximum atomic E-state index is 12.4. The minimum absolute atomic E-state index is 0.0899. The van der Waals surface area contributed by atoms with Crippen molar-refractivity contribution in [1.82, 2.24) is 4.90 Å². The Morgan fingerprint density at radius 3 is 2.63 bits per heavy atom. The fourth-order valence-electron chi connectivity index (χ4n) is 2.56. The summed E-state index contributed by atoms with van der Waals surface area (Å²) in [5.41, 5.74) is 0.396. The molecule has 2 aromatic rings. The minimum atomic E-state index is -0.0899. The van der Waals surface area contributed by atoms with Crippen LogP contribution < -0.4 is 0 Å². The summed E-state index contributed by atoms with van der Waals surface area (Å²) in [5, 5.41) is 12.0. The molecule has 1 N–H and O–H groups in total. The van der Waals surface area contributed by atoms with Crippen LogP contribution in [0.5, 0.6) is 5.75 Å². The normalized spacial score (nSPS) is 15.2. The van der Waals surface area contributed by atoms with Crippen LogP contribution in [0.4, 0.5) is 0 Å². The zero-order valence-corrected chi connectivity index (χ0v) is 11.0. The predicted molar refractivity (Wildman–Crippen MR) is 75.3 cm³/mol. The van der Waals surface area contributed by atoms with Gasteiger partial charge in [-0.1, -0.05) is 30.3 Å². The number of hydrogen-bond donors (Lipinski definition) is 1. The smallest absolute Gasteiger partial charge is 0.257 e. The van der Waals surface area contributed by atoms with E-state index >= 15 is 0 Å². The molecule has 1 amide bonds. The topological polar surface area (TPSA) is 40.5 Å². The van der Waals surface area contributed by atoms with E-state index in [0.717, 1.165) is 23.6 Å². The fraction of sp³-hybridized carbons (Fsp3) is 0.312. The summed E-state index contributed by atoms with van der Waals surface area (Å²) in [7, 11) is 1.82. The summed E-state index contributed by atoms with van der Waals surface area (Å²) in [6, 6.07) is 11.5. The molecule has 0 aliphatic heterocycles. The Bertz CT molecular complexity index is 632. The van der Waals surface area contributed by atoms with Crippen LogP contribution in [-0.4, -0.2) is 29.0 Å². The predicted octanol–water partition coefficient (Wildman–Crippen LogP) is 3.17. The van der Waals surface area contributed by atoms with Crippen molar-refractivity contribution >= 4 is 16.7 Å². The van der Waals surface area contributed by atoms with Gasteiger partial charge in [0.25, 0.3) is 5.91 Å². The third kappa shape index (κ3) is 1.95. The highest BCUT2D eigenvalue weighted by Gasteiger charge is 2.27. The lowest BCUT2D eigenvalue weighted by molar-refractivity contribution is 0.0649. The molecule has 0 spiro atoms. The van der Waals surface area contributed by atoms with Gasteiger partial charge in [0, 0.05) is 18.5 Å². The molecule has 19 heavy (non-hydrogen) atoms. The Balaban J connectivity index is 2.00. The zero-order valence-electron chi connectivity index (χ0n) is 11.0. The number of carbonyl (C=O) groups is 1. The number of carbonyl (C=O) groups excluding carboxylic acids is 1. The number of phenolic OH excluding ortho intramolecular Hbond substituents is 1. The van der Waals surface area contributed by atoms with Crippen molar-refractivity contribution in [3.63, 3.8) is 0 Å². The van der Waals surface area contributed by atoms with Crippen molar-refractivity contribution in [3.8, 4) is 5.75 Å². The standard InChI is InChI=1S/C16H17NO2/c1-17(12-6-4-7-12)16(19)14-10-9-11-5-2-3-8-13(11)15(14)18/h2-3,5,8-10,12,18H,4,6-7H2,1H3. The highest BCUT2D eigenvalue weighted by atomic mass is 16.3. The Hall–Kier alpha value is -2.03. The highest BCUT2D eigenvalue weighted by Crippen LogP contribution is 2.31. The largest absolute Gasteiger partial charge is 0.506 e. The van der Waals surface area contributed by atoms with Crippen LogP contribution in [0, 0.1) is 0 Å². The first-order chi connectivity index (χ1) is 9.18. The summed E-state index contributed by atoms with van der Waals surface area (Å²) in [6.07, 6.45) is 3.32. The average Bonchev–Trinajstić information content (AvgIpc) is 2.37. The number of benzene rings is 2. The van der Waals surface area contributed by atoms with Crippen molar-refractivity contribution in [1.29, 1.82) is 0 Å². The van der Waals surface area contributed by atoms with E-state index in [1.165, 1.54) is 6.42 Å². The molecule has 1 fully saturated rings. The number of hydrogen-bond acceptors (Lipinski definition) is 2. The fourth-order valence-corrected chi connectivity index (χ4v) is 2.56. The van der Waals surface area contributed by atoms with E-state index < -0.39 is 0 Å². The van der Waals surface area contributed by atoms with Crippen molar-refractivity contribution in [3.05, 3.63) is 42.0 Å². The van der Waals surface area contributed by atoms with Gasteiger partial charge in [0.2, 0.25) is 0 Å². The highest BCUT2D eigenvalue weighted by molar-refractivity contribution is 6.03. The first-order valence-electron chi connectivity index (χ1n) is 6.66. The van der Waals surface area contributed by atoms with E-state index in [1.807, 2.05) is 37.4 Å². The second-order valence-electron chi connectivity index (χ2n) is 5.18. The van der Waals surface area contributed by atoms with E-state index in [9.17, 15) is 9.90 Å². The van der Waals surface area contributed by atoms with Crippen LogP contribution in [0.15, 0.2) is 36.4 Å². The first kappa shape index (κ1) is 12.0. The minimum Gasteiger partial charge on any atom is -0.506 e. The lowest BCUT2D eigenvalue weighted by atomic mass is 9.91. The molecule has 0 radical (unpaired) electrons. The van der Waals surface area contributed by atoms with Crippen LogP contribution >= 0.6 is 0 Å². The van der Waals surface area contributed by atoms with Gasteiger partial charge < -0.3 is 10.0 Å². The molecular formula is C16H17NO2. The molecule has 2 aromatic carbocycles. The SMILES string of the molecule is CN(C(=O)c1ccc2ccccc2c1O)C1CCC1. The second kappa shape index (κ2) is 4.57. The molecule has 3 nitrogen and oxygen atoms in total. The number of rotatable bonds is 2. The van der Waals surface area contributed by atoms with Gasteiger partial charge >= 0.3 is 0 Å². The van der Waals surface area contributed by atoms with Crippen LogP contribution in [0.1, 0.15) is 29.6 Å². The van der Waals surface area contributed by atoms with E-state index in [4.69, 9.17) is 0 Å². The number of fused-ring (bicyclic) bond motifs is 1. The van der Waals surface area contributed by atoms with Gasteiger partial charge in [0.15, 0.2) is 0 Å². The molecule has 0 aromatic heterocycles. The van der Waals surface area contributed by atoms with Crippen molar-refractivity contribution in [2.45, 2.75) is 25.3 Å². The third-order valence-electron chi connectivity index (χ3n) is 4.07. The summed E-state index contributed by atoms with van der Waals surface area (Å²) < 4.78 is 0. The number of phenols is 1. The van der Waals surface area contributed by atoms with Gasteiger partial charge in [-0.15, -0.1) is 0 Å². The lowest BCUT2D eigenvalue weighted by Crippen LogP contribution is -2.41. The quantitative estimate of drug-likeness (QED) is 0.895. The maximum Gasteiger partial charge on any atom is 0.257 e. The molecular weight excluding hydrogens is 238 g/mol. The number of aromatic hydroxyl groups is 1. The Morgan fingerprint density at radius 1 is 1.21 bits per heavy atom. The summed E-state index contributed by atoms with van der Waals surface area (Å²) in [6.45, 7) is 0. The molecule has 0 unspecified atom stereocenters. The van der Waals surface area contributed by atoms with E-state index in [2.05, 4.69) is 0 Å². The number of amides is 1. The van der Waals surface area contributed by atoms with E-state index in [1.54, 1.807) is 11.0 Å². The Kier molecular flexibility index (Phi) is 2.90. The molecule has 0 saturated heterocycles. The molecule has 1 aliphatic carbocycles. The second-order valence-corrected chi connectivity index (χ2v) is 5.18. The van der Waals surface area contributed by atoms with Gasteiger partial charge in [-0.05, 0) is 30.7 Å². The first-order valence-corrected chi connectivity index (χ1v) is 6.66. The van der Waals surface area contributed by atoms with Crippen LogP contribution in [0.3, 0.4) is 0 Å². The monoisotopic (exact) mass is 255 g/mol. The average molecular weight is 255 g/mol. The lowest BCUT2D eigenvalue weighted by Gasteiger charge is -2.34. The van der Waals surface area contributed by atoms with E-state index in [0.29, 0.717) is 11.6 Å². The maximum absolute atomic E-state index is 12.4. The third-order valence-corrected chi connectivity index (χ3v) is 4.07. The summed E-state index contributed by atoms with van der Waals surface area (Å²) >= 11 is 0. The Labute approximate surface area is 112 Å². The van der Waals surface area contributed by atoms with Gasteiger partial charge in [0.1, 0.15) is 5.75 Å². The molecule has 1 saturated carbocycles. The van der Waals surface area contributed by atoms with Gasteiger partial charge in [-0.25, -0.2) is 0 Å². The number of nitrogens with zero attached hydrogens (tertiary/aromatic N) is 1. The Morgan fingerprint density at radius 2 is 1.95 bits per heavy atom. The summed E-state index contributed by atoms with van der Waals surface area (Å²) in [5.74, 6) is 0.00206. The molecule has 3 heteroatoms. The van der Waals surface area contributed by atoms with Crippen molar-refractivity contribution in [2.24, 2.45) is 0 Å². The molecule has 0 heterocycles. The van der Waals surface area contributed by atoms with Crippen LogP contribution in [0.2, 0.25) is 0 Å². The van der Waals surface area contributed by atoms with Crippen LogP contribution in [0.25, 0.3) is 10.8 Å². The molecule has 98 valence electrons. The zero-order chi connectivity index (χ0) is 13.4. The van der Waals surface area contributed by atoms with Gasteiger partial charge in [-0.3, -0.25) is 4.79 Å². The summed E-state index contributed by atoms with van der Waals surface area (Å²) in [4.78, 5) is 14.2. The molecule has 3 rings (SSSR count).